The number of allylic oxidation sites excluding steroid dienone is 1. The van der Waals surface area contributed by atoms with Crippen LogP contribution in [0.15, 0.2) is 30.3 Å². The molecule has 0 aliphatic heterocycles. The van der Waals surface area contributed by atoms with Gasteiger partial charge in [0.15, 0.2) is 0 Å². The van der Waals surface area contributed by atoms with Crippen LogP contribution in [0, 0.1) is 10.1 Å². The fourth-order valence-corrected chi connectivity index (χ4v) is 1.91. The third-order valence-electron chi connectivity index (χ3n) is 2.90. The first-order chi connectivity index (χ1) is 7.66. The van der Waals surface area contributed by atoms with Crippen molar-refractivity contribution in [2.45, 2.75) is 25.3 Å². The summed E-state index contributed by atoms with van der Waals surface area (Å²) in [5, 5.41) is 10.5. The number of nitrogens with zero attached hydrogens (tertiary/aromatic N) is 1. The Morgan fingerprint density at radius 1 is 1.31 bits per heavy atom. The summed E-state index contributed by atoms with van der Waals surface area (Å²) >= 11 is 0. The molecule has 1 unspecified atom stereocenters. The predicted molar refractivity (Wildman–Crippen MR) is 62.9 cm³/mol. The maximum atomic E-state index is 10.5. The molecule has 0 heterocycles. The highest BCUT2D eigenvalue weighted by Crippen LogP contribution is 2.27. The Morgan fingerprint density at radius 2 is 2.00 bits per heavy atom. The number of hydrogen-bond donors (Lipinski definition) is 1. The van der Waals surface area contributed by atoms with Crippen molar-refractivity contribution in [2.24, 2.45) is 5.73 Å². The quantitative estimate of drug-likeness (QED) is 0.612. The maximum absolute atomic E-state index is 10.5. The highest BCUT2D eigenvalue weighted by molar-refractivity contribution is 5.67. The predicted octanol–water partition coefficient (Wildman–Crippen LogP) is 2.49. The zero-order chi connectivity index (χ0) is 11.5. The molecule has 1 aliphatic rings. The normalized spacial score (nSPS) is 20.3. The first-order valence-electron chi connectivity index (χ1n) is 5.36. The van der Waals surface area contributed by atoms with E-state index in [1.165, 1.54) is 5.57 Å². The third-order valence-corrected chi connectivity index (χ3v) is 2.90. The molecule has 0 saturated carbocycles. The zero-order valence-electron chi connectivity index (χ0n) is 8.93. The molecular formula is C12H14N2O2. The molecule has 1 aromatic rings. The van der Waals surface area contributed by atoms with Crippen LogP contribution in [0.4, 0.5) is 5.69 Å². The fourth-order valence-electron chi connectivity index (χ4n) is 1.91. The Labute approximate surface area is 93.9 Å². The van der Waals surface area contributed by atoms with E-state index in [0.717, 1.165) is 24.8 Å². The summed E-state index contributed by atoms with van der Waals surface area (Å²) in [5.41, 5.74) is 8.25. The molecule has 0 bridgehead atoms. The standard InChI is InChI=1S/C12H14N2O2/c13-11-5-1-9(2-6-11)10-3-7-12(8-4-10)14(15)16/h1,3-4,7-8,11H,2,5-6,13H2. The molecule has 1 aliphatic carbocycles. The van der Waals surface area contributed by atoms with Crippen LogP contribution < -0.4 is 5.73 Å². The Balaban J connectivity index is 2.19. The highest BCUT2D eigenvalue weighted by Gasteiger charge is 2.12. The van der Waals surface area contributed by atoms with Crippen LogP contribution in [0.25, 0.3) is 5.57 Å². The van der Waals surface area contributed by atoms with E-state index >= 15 is 0 Å². The minimum absolute atomic E-state index is 0.136. The lowest BCUT2D eigenvalue weighted by Crippen LogP contribution is -2.21. The number of nitrogens with two attached hydrogens (primary N) is 1. The van der Waals surface area contributed by atoms with Gasteiger partial charge in [0.25, 0.3) is 5.69 Å². The molecule has 2 N–H and O–H groups in total. The monoisotopic (exact) mass is 218 g/mol. The lowest BCUT2D eigenvalue weighted by atomic mass is 9.91. The average molecular weight is 218 g/mol. The minimum Gasteiger partial charge on any atom is -0.327 e. The summed E-state index contributed by atoms with van der Waals surface area (Å²) in [6.07, 6.45) is 4.98. The Bertz CT molecular complexity index is 423. The molecule has 84 valence electrons. The summed E-state index contributed by atoms with van der Waals surface area (Å²) in [6.45, 7) is 0. The second-order valence-electron chi connectivity index (χ2n) is 4.07. The van der Waals surface area contributed by atoms with Crippen molar-refractivity contribution >= 4 is 11.3 Å². The van der Waals surface area contributed by atoms with Crippen LogP contribution in [0.2, 0.25) is 0 Å². The van der Waals surface area contributed by atoms with Crippen LogP contribution in [0.5, 0.6) is 0 Å². The second kappa shape index (κ2) is 4.45. The first kappa shape index (κ1) is 10.8. The molecular weight excluding hydrogens is 204 g/mol. The van der Waals surface area contributed by atoms with E-state index in [4.69, 9.17) is 5.73 Å². The van der Waals surface area contributed by atoms with Gasteiger partial charge in [-0.15, -0.1) is 0 Å². The van der Waals surface area contributed by atoms with E-state index in [9.17, 15) is 10.1 Å². The van der Waals surface area contributed by atoms with Crippen LogP contribution >= 0.6 is 0 Å². The molecule has 16 heavy (non-hydrogen) atoms. The van der Waals surface area contributed by atoms with E-state index in [1.54, 1.807) is 24.3 Å². The molecule has 0 fully saturated rings. The van der Waals surface area contributed by atoms with E-state index in [1.807, 2.05) is 0 Å². The van der Waals surface area contributed by atoms with Crippen LogP contribution in [0.1, 0.15) is 24.8 Å². The van der Waals surface area contributed by atoms with Gasteiger partial charge in [0.2, 0.25) is 0 Å². The summed E-state index contributed by atoms with van der Waals surface area (Å²) in [5.74, 6) is 0. The molecule has 4 heteroatoms. The number of benzene rings is 1. The lowest BCUT2D eigenvalue weighted by molar-refractivity contribution is -0.384. The molecule has 0 amide bonds. The minimum atomic E-state index is -0.380. The number of rotatable bonds is 2. The molecule has 0 radical (unpaired) electrons. The van der Waals surface area contributed by atoms with Crippen molar-refractivity contribution in [1.29, 1.82) is 0 Å². The largest absolute Gasteiger partial charge is 0.327 e. The van der Waals surface area contributed by atoms with Gasteiger partial charge in [-0.2, -0.15) is 0 Å². The smallest absolute Gasteiger partial charge is 0.269 e. The van der Waals surface area contributed by atoms with Gasteiger partial charge in [0, 0.05) is 18.2 Å². The van der Waals surface area contributed by atoms with Crippen molar-refractivity contribution in [1.82, 2.24) is 0 Å². The van der Waals surface area contributed by atoms with Crippen molar-refractivity contribution in [3.8, 4) is 0 Å². The number of nitro benzene ring substituents is 1. The Kier molecular flexibility index (Phi) is 3.01. The molecule has 2 rings (SSSR count). The van der Waals surface area contributed by atoms with Gasteiger partial charge < -0.3 is 5.73 Å². The number of nitro groups is 1. The van der Waals surface area contributed by atoms with Crippen molar-refractivity contribution < 1.29 is 4.92 Å². The van der Waals surface area contributed by atoms with Gasteiger partial charge in [-0.05, 0) is 42.5 Å². The molecule has 4 nitrogen and oxygen atoms in total. The van der Waals surface area contributed by atoms with Crippen LogP contribution in [0.3, 0.4) is 0 Å². The van der Waals surface area contributed by atoms with Crippen LogP contribution in [-0.2, 0) is 0 Å². The molecule has 0 aromatic heterocycles. The van der Waals surface area contributed by atoms with Gasteiger partial charge in [0.1, 0.15) is 0 Å². The Morgan fingerprint density at radius 3 is 2.50 bits per heavy atom. The first-order valence-corrected chi connectivity index (χ1v) is 5.36. The second-order valence-corrected chi connectivity index (χ2v) is 4.07. The zero-order valence-corrected chi connectivity index (χ0v) is 8.93. The average Bonchev–Trinajstić information content (AvgIpc) is 2.30. The number of non-ortho nitro benzene ring substituents is 1. The summed E-state index contributed by atoms with van der Waals surface area (Å²) < 4.78 is 0. The lowest BCUT2D eigenvalue weighted by Gasteiger charge is -2.18. The van der Waals surface area contributed by atoms with Gasteiger partial charge in [-0.25, -0.2) is 0 Å². The van der Waals surface area contributed by atoms with Crippen molar-refractivity contribution in [3.63, 3.8) is 0 Å². The summed E-state index contributed by atoms with van der Waals surface area (Å²) in [6, 6.07) is 6.97. The fraction of sp³-hybridized carbons (Fsp3) is 0.333. The van der Waals surface area contributed by atoms with E-state index in [2.05, 4.69) is 6.08 Å². The molecule has 1 atom stereocenters. The van der Waals surface area contributed by atoms with E-state index in [-0.39, 0.29) is 16.7 Å². The van der Waals surface area contributed by atoms with Crippen LogP contribution in [-0.4, -0.2) is 11.0 Å². The summed E-state index contributed by atoms with van der Waals surface area (Å²) in [4.78, 5) is 10.1. The third kappa shape index (κ3) is 2.28. The number of hydrogen-bond acceptors (Lipinski definition) is 3. The van der Waals surface area contributed by atoms with Crippen molar-refractivity contribution in [3.05, 3.63) is 46.0 Å². The maximum Gasteiger partial charge on any atom is 0.269 e. The van der Waals surface area contributed by atoms with Gasteiger partial charge in [-0.1, -0.05) is 6.08 Å². The van der Waals surface area contributed by atoms with Crippen molar-refractivity contribution in [2.75, 3.05) is 0 Å². The molecule has 0 spiro atoms. The SMILES string of the molecule is NC1CC=C(c2ccc([N+](=O)[O-])cc2)CC1. The molecule has 1 aromatic carbocycles. The van der Waals surface area contributed by atoms with E-state index in [0.29, 0.717) is 0 Å². The summed E-state index contributed by atoms with van der Waals surface area (Å²) in [7, 11) is 0. The topological polar surface area (TPSA) is 69.2 Å². The van der Waals surface area contributed by atoms with Gasteiger partial charge >= 0.3 is 0 Å². The van der Waals surface area contributed by atoms with E-state index < -0.39 is 0 Å². The van der Waals surface area contributed by atoms with Gasteiger partial charge in [-0.3, -0.25) is 10.1 Å². The molecule has 0 saturated heterocycles. The van der Waals surface area contributed by atoms with Gasteiger partial charge in [0.05, 0.1) is 4.92 Å². The highest BCUT2D eigenvalue weighted by atomic mass is 16.6. The Hall–Kier alpha value is -1.68.